The molecule has 0 spiro atoms. The number of amides is 1. The molecule has 178 valence electrons. The molecule has 1 saturated carbocycles. The van der Waals surface area contributed by atoms with E-state index in [-0.39, 0.29) is 36.5 Å². The van der Waals surface area contributed by atoms with Gasteiger partial charge in [0.2, 0.25) is 5.91 Å². The fourth-order valence-electron chi connectivity index (χ4n) is 4.15. The molecule has 1 amide bonds. The highest BCUT2D eigenvalue weighted by Crippen LogP contribution is 2.34. The van der Waals surface area contributed by atoms with E-state index in [1.165, 1.54) is 10.5 Å². The summed E-state index contributed by atoms with van der Waals surface area (Å²) >= 11 is 0. The van der Waals surface area contributed by atoms with Crippen molar-refractivity contribution in [3.8, 4) is 5.75 Å². The number of nitrogens with zero attached hydrogens (tertiary/aromatic N) is 4. The van der Waals surface area contributed by atoms with Crippen LogP contribution in [0.15, 0.2) is 59.8 Å². The number of hydrogen-bond donors (Lipinski definition) is 0. The normalized spacial score (nSPS) is 16.4. The van der Waals surface area contributed by atoms with Gasteiger partial charge in [-0.15, -0.1) is 0 Å². The van der Waals surface area contributed by atoms with Gasteiger partial charge < -0.3 is 14.2 Å². The van der Waals surface area contributed by atoms with Crippen LogP contribution in [0.2, 0.25) is 0 Å². The van der Waals surface area contributed by atoms with Crippen LogP contribution >= 0.6 is 0 Å². The molecular weight excluding hydrogens is 452 g/mol. The summed E-state index contributed by atoms with van der Waals surface area (Å²) in [5.74, 6) is 1.52. The number of benzene rings is 2. The van der Waals surface area contributed by atoms with Crippen molar-refractivity contribution in [3.05, 3.63) is 71.7 Å². The van der Waals surface area contributed by atoms with E-state index in [1.54, 1.807) is 18.5 Å². The molecule has 1 aliphatic carbocycles. The maximum absolute atomic E-state index is 13.3. The zero-order valence-corrected chi connectivity index (χ0v) is 20.2. The predicted molar refractivity (Wildman–Crippen MR) is 128 cm³/mol. The molecule has 1 aliphatic heterocycles. The Bertz CT molecular complexity index is 1300. The minimum absolute atomic E-state index is 0.0392. The van der Waals surface area contributed by atoms with Crippen LogP contribution in [-0.4, -0.2) is 41.3 Å². The molecule has 9 heteroatoms. The van der Waals surface area contributed by atoms with E-state index < -0.39 is 10.0 Å². The van der Waals surface area contributed by atoms with Gasteiger partial charge in [0.05, 0.1) is 6.54 Å². The van der Waals surface area contributed by atoms with Crippen molar-refractivity contribution in [2.45, 2.75) is 37.9 Å². The first-order valence-corrected chi connectivity index (χ1v) is 12.9. The summed E-state index contributed by atoms with van der Waals surface area (Å²) in [4.78, 5) is 19.1. The third kappa shape index (κ3) is 4.45. The minimum atomic E-state index is -3.77. The third-order valence-electron chi connectivity index (χ3n) is 6.36. The van der Waals surface area contributed by atoms with E-state index >= 15 is 0 Å². The van der Waals surface area contributed by atoms with E-state index in [0.29, 0.717) is 18.1 Å². The topological polar surface area (TPSA) is 84.7 Å². The number of imidazole rings is 1. The van der Waals surface area contributed by atoms with Crippen molar-refractivity contribution in [1.82, 2.24) is 13.9 Å². The number of aryl methyl sites for hydroxylation is 2. The van der Waals surface area contributed by atoms with Gasteiger partial charge in [0.25, 0.3) is 10.0 Å². The molecule has 2 heterocycles. The largest absolute Gasteiger partial charge is 0.492 e. The summed E-state index contributed by atoms with van der Waals surface area (Å²) in [6, 6.07) is 15.4. The number of sulfonamides is 1. The van der Waals surface area contributed by atoms with Gasteiger partial charge in [-0.25, -0.2) is 13.4 Å². The van der Waals surface area contributed by atoms with Crippen molar-refractivity contribution < 1.29 is 17.9 Å². The molecular formula is C25H28N4O4S. The highest BCUT2D eigenvalue weighted by Gasteiger charge is 2.34. The Hall–Kier alpha value is -3.17. The number of carbonyl (C=O) groups excluding carboxylic acids is 1. The fourth-order valence-corrected chi connectivity index (χ4v) is 5.57. The maximum atomic E-state index is 13.3. The lowest BCUT2D eigenvalue weighted by Gasteiger charge is -2.24. The summed E-state index contributed by atoms with van der Waals surface area (Å²) < 4.78 is 35.5. The van der Waals surface area contributed by atoms with Gasteiger partial charge in [-0.1, -0.05) is 24.3 Å². The Kier molecular flexibility index (Phi) is 5.91. The van der Waals surface area contributed by atoms with Gasteiger partial charge in [-0.3, -0.25) is 4.79 Å². The van der Waals surface area contributed by atoms with Crippen molar-refractivity contribution in [1.29, 1.82) is 0 Å². The summed E-state index contributed by atoms with van der Waals surface area (Å²) in [5, 5.41) is 0.0392. The number of aromatic nitrogens is 2. The number of ether oxygens (including phenoxy) is 1. The SMILES string of the molecule is Cc1nc(S(=O)(=O)N2CCOc3ccc(CN(C(=O)C4CC4)c4ccccc4)cc3C2)cn1C. The zero-order chi connectivity index (χ0) is 23.9. The van der Waals surface area contributed by atoms with Crippen LogP contribution in [0.4, 0.5) is 5.69 Å². The standard InChI is InChI=1S/C25H28N4O4S/c1-18-26-24(17-27(18)2)34(31,32)28-12-13-33-23-11-8-19(14-21(23)16-28)15-29(25(30)20-9-10-20)22-6-4-3-5-7-22/h3-8,11,14,17,20H,9-10,12-13,15-16H2,1-2H3. The smallest absolute Gasteiger partial charge is 0.262 e. The average Bonchev–Trinajstić information content (AvgIpc) is 3.64. The number of para-hydroxylation sites is 1. The number of carbonyl (C=O) groups is 1. The fraction of sp³-hybridized carbons (Fsp3) is 0.360. The molecule has 0 atom stereocenters. The molecule has 0 N–H and O–H groups in total. The third-order valence-corrected chi connectivity index (χ3v) is 8.08. The summed E-state index contributed by atoms with van der Waals surface area (Å²) in [7, 11) is -1.99. The van der Waals surface area contributed by atoms with E-state index in [0.717, 1.165) is 29.7 Å². The molecule has 0 unspecified atom stereocenters. The van der Waals surface area contributed by atoms with E-state index in [1.807, 2.05) is 53.4 Å². The Morgan fingerprint density at radius 3 is 2.62 bits per heavy atom. The van der Waals surface area contributed by atoms with Crippen LogP contribution in [0.25, 0.3) is 0 Å². The molecule has 34 heavy (non-hydrogen) atoms. The Balaban J connectivity index is 1.42. The first kappa shape index (κ1) is 22.6. The van der Waals surface area contributed by atoms with Gasteiger partial charge in [0, 0.05) is 43.5 Å². The number of rotatable bonds is 6. The number of anilines is 1. The van der Waals surface area contributed by atoms with Gasteiger partial charge in [0.15, 0.2) is 5.03 Å². The molecule has 2 aromatic carbocycles. The second-order valence-electron chi connectivity index (χ2n) is 8.90. The van der Waals surface area contributed by atoms with Crippen molar-refractivity contribution >= 4 is 21.6 Å². The van der Waals surface area contributed by atoms with E-state index in [9.17, 15) is 13.2 Å². The first-order valence-electron chi connectivity index (χ1n) is 11.4. The van der Waals surface area contributed by atoms with Gasteiger partial charge in [-0.05, 0) is 49.6 Å². The highest BCUT2D eigenvalue weighted by molar-refractivity contribution is 7.89. The number of fused-ring (bicyclic) bond motifs is 1. The van der Waals surface area contributed by atoms with Crippen molar-refractivity contribution in [2.75, 3.05) is 18.1 Å². The lowest BCUT2D eigenvalue weighted by molar-refractivity contribution is -0.119. The van der Waals surface area contributed by atoms with Crippen molar-refractivity contribution in [2.24, 2.45) is 13.0 Å². The van der Waals surface area contributed by atoms with Gasteiger partial charge >= 0.3 is 0 Å². The van der Waals surface area contributed by atoms with Crippen LogP contribution in [0, 0.1) is 12.8 Å². The first-order chi connectivity index (χ1) is 16.3. The summed E-state index contributed by atoms with van der Waals surface area (Å²) in [6.07, 6.45) is 3.40. The van der Waals surface area contributed by atoms with Crippen LogP contribution in [0.3, 0.4) is 0 Å². The van der Waals surface area contributed by atoms with Crippen LogP contribution < -0.4 is 9.64 Å². The Morgan fingerprint density at radius 2 is 1.94 bits per heavy atom. The molecule has 2 aliphatic rings. The van der Waals surface area contributed by atoms with E-state index in [4.69, 9.17) is 4.74 Å². The molecule has 0 saturated heterocycles. The molecule has 1 aromatic heterocycles. The second-order valence-corrected chi connectivity index (χ2v) is 10.8. The maximum Gasteiger partial charge on any atom is 0.262 e. The quantitative estimate of drug-likeness (QED) is 0.541. The van der Waals surface area contributed by atoms with E-state index in [2.05, 4.69) is 4.98 Å². The summed E-state index contributed by atoms with van der Waals surface area (Å²) in [5.41, 5.74) is 2.56. The van der Waals surface area contributed by atoms with Crippen molar-refractivity contribution in [3.63, 3.8) is 0 Å². The molecule has 0 bridgehead atoms. The Morgan fingerprint density at radius 1 is 1.18 bits per heavy atom. The molecule has 8 nitrogen and oxygen atoms in total. The number of hydrogen-bond acceptors (Lipinski definition) is 5. The van der Waals surface area contributed by atoms with Gasteiger partial charge in [0.1, 0.15) is 18.2 Å². The predicted octanol–water partition coefficient (Wildman–Crippen LogP) is 3.26. The molecule has 1 fully saturated rings. The summed E-state index contributed by atoms with van der Waals surface area (Å²) in [6.45, 7) is 2.86. The van der Waals surface area contributed by atoms with Crippen LogP contribution in [-0.2, 0) is 35.0 Å². The zero-order valence-electron chi connectivity index (χ0n) is 19.3. The highest BCUT2D eigenvalue weighted by atomic mass is 32.2. The van der Waals surface area contributed by atoms with Gasteiger partial charge in [-0.2, -0.15) is 4.31 Å². The van der Waals surface area contributed by atoms with Crippen LogP contribution in [0.1, 0.15) is 29.8 Å². The lowest BCUT2D eigenvalue weighted by atomic mass is 10.1. The molecule has 3 aromatic rings. The average molecular weight is 481 g/mol. The minimum Gasteiger partial charge on any atom is -0.492 e. The molecule has 0 radical (unpaired) electrons. The molecule has 5 rings (SSSR count). The monoisotopic (exact) mass is 480 g/mol. The van der Waals surface area contributed by atoms with Crippen LogP contribution in [0.5, 0.6) is 5.75 Å². The second kappa shape index (κ2) is 8.88. The Labute approximate surface area is 199 Å². The lowest BCUT2D eigenvalue weighted by Crippen LogP contribution is -2.33.